The van der Waals surface area contributed by atoms with E-state index in [4.69, 9.17) is 9.47 Å². The van der Waals surface area contributed by atoms with Crippen molar-refractivity contribution in [3.63, 3.8) is 0 Å². The number of carbonyl (C=O) groups is 1. The maximum atomic E-state index is 13.1. The molecule has 31 heavy (non-hydrogen) atoms. The van der Waals surface area contributed by atoms with E-state index < -0.39 is 10.0 Å². The quantitative estimate of drug-likeness (QED) is 0.672. The molecule has 1 saturated heterocycles. The molecule has 168 valence electrons. The molecule has 7 nitrogen and oxygen atoms in total. The molecule has 1 heterocycles. The Morgan fingerprint density at radius 3 is 2.19 bits per heavy atom. The van der Waals surface area contributed by atoms with E-state index in [9.17, 15) is 13.2 Å². The second-order valence-corrected chi connectivity index (χ2v) is 9.56. The molecule has 1 amide bonds. The van der Waals surface area contributed by atoms with Gasteiger partial charge in [-0.3, -0.25) is 4.79 Å². The van der Waals surface area contributed by atoms with Gasteiger partial charge in [0.15, 0.2) is 0 Å². The molecule has 0 aromatic heterocycles. The van der Waals surface area contributed by atoms with Crippen molar-refractivity contribution < 1.29 is 22.7 Å². The number of piperidine rings is 1. The van der Waals surface area contributed by atoms with Crippen LogP contribution < -0.4 is 14.8 Å². The van der Waals surface area contributed by atoms with Gasteiger partial charge in [0.05, 0.1) is 31.1 Å². The first-order valence-electron chi connectivity index (χ1n) is 10.5. The van der Waals surface area contributed by atoms with E-state index in [2.05, 4.69) is 5.32 Å². The predicted molar refractivity (Wildman–Crippen MR) is 119 cm³/mol. The first-order valence-corrected chi connectivity index (χ1v) is 11.9. The summed E-state index contributed by atoms with van der Waals surface area (Å²) in [6.45, 7) is 2.60. The van der Waals surface area contributed by atoms with Crippen LogP contribution in [-0.4, -0.2) is 45.9 Å². The van der Waals surface area contributed by atoms with Crippen LogP contribution in [0.2, 0.25) is 0 Å². The van der Waals surface area contributed by atoms with Gasteiger partial charge in [0.25, 0.3) is 0 Å². The van der Waals surface area contributed by atoms with Gasteiger partial charge in [0, 0.05) is 13.1 Å². The summed E-state index contributed by atoms with van der Waals surface area (Å²) in [5.41, 5.74) is 0.996. The number of amides is 1. The molecular formula is C23H30N2O5S. The van der Waals surface area contributed by atoms with Gasteiger partial charge in [-0.25, -0.2) is 8.42 Å². The van der Waals surface area contributed by atoms with Gasteiger partial charge >= 0.3 is 0 Å². The van der Waals surface area contributed by atoms with Gasteiger partial charge in [0.1, 0.15) is 11.5 Å². The molecule has 0 unspecified atom stereocenters. The fraction of sp³-hybridized carbons (Fsp3) is 0.435. The molecule has 0 bridgehead atoms. The van der Waals surface area contributed by atoms with E-state index in [-0.39, 0.29) is 29.3 Å². The normalized spacial score (nSPS) is 18.2. The lowest BCUT2D eigenvalue weighted by Gasteiger charge is -2.32. The smallest absolute Gasteiger partial charge is 0.243 e. The van der Waals surface area contributed by atoms with Crippen molar-refractivity contribution in [2.75, 3.05) is 27.3 Å². The molecular weight excluding hydrogens is 416 g/mol. The minimum Gasteiger partial charge on any atom is -0.497 e. The van der Waals surface area contributed by atoms with E-state index in [1.807, 2.05) is 31.2 Å². The number of hydrogen-bond donors (Lipinski definition) is 1. The highest BCUT2D eigenvalue weighted by molar-refractivity contribution is 7.89. The number of benzene rings is 2. The van der Waals surface area contributed by atoms with Crippen LogP contribution in [0.3, 0.4) is 0 Å². The number of methoxy groups -OCH3 is 2. The third-order valence-electron chi connectivity index (χ3n) is 5.70. The number of sulfonamides is 1. The van der Waals surface area contributed by atoms with Gasteiger partial charge < -0.3 is 14.8 Å². The van der Waals surface area contributed by atoms with Crippen molar-refractivity contribution in [2.45, 2.75) is 37.1 Å². The molecule has 2 atom stereocenters. The van der Waals surface area contributed by atoms with Crippen molar-refractivity contribution in [1.82, 2.24) is 9.62 Å². The molecule has 8 heteroatoms. The van der Waals surface area contributed by atoms with Crippen LogP contribution in [0.1, 0.15) is 37.8 Å². The summed E-state index contributed by atoms with van der Waals surface area (Å²) in [7, 11) is -0.515. The molecule has 0 spiro atoms. The number of nitrogens with one attached hydrogen (secondary N) is 1. The molecule has 2 aromatic carbocycles. The summed E-state index contributed by atoms with van der Waals surface area (Å²) in [6, 6.07) is 13.8. The number of carbonyl (C=O) groups excluding carboxylic acids is 1. The van der Waals surface area contributed by atoms with Crippen LogP contribution in [0.15, 0.2) is 53.4 Å². The summed E-state index contributed by atoms with van der Waals surface area (Å²) >= 11 is 0. The van der Waals surface area contributed by atoms with Gasteiger partial charge in [0.2, 0.25) is 15.9 Å². The zero-order valence-electron chi connectivity index (χ0n) is 18.2. The average Bonchev–Trinajstić information content (AvgIpc) is 2.82. The van der Waals surface area contributed by atoms with E-state index >= 15 is 0 Å². The molecule has 0 aliphatic carbocycles. The van der Waals surface area contributed by atoms with Crippen LogP contribution in [0.4, 0.5) is 0 Å². The molecule has 1 N–H and O–H groups in total. The third-order valence-corrected chi connectivity index (χ3v) is 7.57. The maximum absolute atomic E-state index is 13.1. The van der Waals surface area contributed by atoms with E-state index in [1.165, 1.54) is 23.5 Å². The Balaban J connectivity index is 1.68. The minimum absolute atomic E-state index is 0.114. The predicted octanol–water partition coefficient (Wildman–Crippen LogP) is 3.37. The van der Waals surface area contributed by atoms with Crippen LogP contribution in [0, 0.1) is 5.92 Å². The summed E-state index contributed by atoms with van der Waals surface area (Å²) in [5, 5.41) is 3.10. The molecule has 1 aliphatic rings. The highest BCUT2D eigenvalue weighted by Gasteiger charge is 2.34. The first-order chi connectivity index (χ1) is 14.9. The second-order valence-electron chi connectivity index (χ2n) is 7.62. The fourth-order valence-corrected chi connectivity index (χ4v) is 5.34. The standard InChI is InChI=1S/C23H30N2O5S/c1-4-22(17-7-9-19(29-2)10-8-17)24-23(26)18-6-5-15-25(16-18)31(27,28)21-13-11-20(30-3)12-14-21/h7-14,18,22H,4-6,15-16H2,1-3H3,(H,24,26)/t18-,22+/m0/s1. The Kier molecular flexibility index (Phi) is 7.56. The van der Waals surface area contributed by atoms with Crippen LogP contribution in [0.25, 0.3) is 0 Å². The molecule has 2 aromatic rings. The molecule has 0 radical (unpaired) electrons. The number of ether oxygens (including phenoxy) is 2. The molecule has 1 fully saturated rings. The van der Waals surface area contributed by atoms with Crippen LogP contribution >= 0.6 is 0 Å². The number of rotatable bonds is 8. The van der Waals surface area contributed by atoms with E-state index in [0.717, 1.165) is 17.7 Å². The van der Waals surface area contributed by atoms with Crippen LogP contribution in [-0.2, 0) is 14.8 Å². The fourth-order valence-electron chi connectivity index (χ4n) is 3.82. The lowest BCUT2D eigenvalue weighted by molar-refractivity contribution is -0.126. The van der Waals surface area contributed by atoms with Gasteiger partial charge in [-0.1, -0.05) is 19.1 Å². The van der Waals surface area contributed by atoms with Gasteiger partial charge in [-0.05, 0) is 61.2 Å². The zero-order valence-corrected chi connectivity index (χ0v) is 19.0. The number of nitrogens with zero attached hydrogens (tertiary/aromatic N) is 1. The molecule has 3 rings (SSSR count). The summed E-state index contributed by atoms with van der Waals surface area (Å²) in [5.74, 6) is 0.863. The Hall–Kier alpha value is -2.58. The Morgan fingerprint density at radius 2 is 1.65 bits per heavy atom. The van der Waals surface area contributed by atoms with Crippen molar-refractivity contribution in [2.24, 2.45) is 5.92 Å². The first kappa shape index (κ1) is 23.1. The summed E-state index contributed by atoms with van der Waals surface area (Å²) in [6.07, 6.45) is 2.05. The topological polar surface area (TPSA) is 84.9 Å². The second kappa shape index (κ2) is 10.2. The monoisotopic (exact) mass is 446 g/mol. The highest BCUT2D eigenvalue weighted by atomic mass is 32.2. The number of hydrogen-bond acceptors (Lipinski definition) is 5. The SMILES string of the molecule is CC[C@@H](NC(=O)[C@H]1CCCN(S(=O)(=O)c2ccc(OC)cc2)C1)c1ccc(OC)cc1. The highest BCUT2D eigenvalue weighted by Crippen LogP contribution is 2.27. The van der Waals surface area contributed by atoms with E-state index in [1.54, 1.807) is 19.2 Å². The lowest BCUT2D eigenvalue weighted by Crippen LogP contribution is -2.46. The minimum atomic E-state index is -3.66. The van der Waals surface area contributed by atoms with Crippen LogP contribution in [0.5, 0.6) is 11.5 Å². The zero-order chi connectivity index (χ0) is 22.4. The third kappa shape index (κ3) is 5.37. The van der Waals surface area contributed by atoms with Gasteiger partial charge in [-0.15, -0.1) is 0 Å². The van der Waals surface area contributed by atoms with Crippen molar-refractivity contribution in [1.29, 1.82) is 0 Å². The Morgan fingerprint density at radius 1 is 1.06 bits per heavy atom. The average molecular weight is 447 g/mol. The maximum Gasteiger partial charge on any atom is 0.243 e. The van der Waals surface area contributed by atoms with Crippen molar-refractivity contribution in [3.8, 4) is 11.5 Å². The van der Waals surface area contributed by atoms with Crippen molar-refractivity contribution in [3.05, 3.63) is 54.1 Å². The Bertz CT molecular complexity index is 974. The molecule has 0 saturated carbocycles. The summed E-state index contributed by atoms with van der Waals surface area (Å²) < 4.78 is 37.8. The van der Waals surface area contributed by atoms with Crippen molar-refractivity contribution >= 4 is 15.9 Å². The summed E-state index contributed by atoms with van der Waals surface area (Å²) in [4.78, 5) is 13.2. The Labute approximate surface area is 184 Å². The lowest BCUT2D eigenvalue weighted by atomic mass is 9.97. The van der Waals surface area contributed by atoms with Gasteiger partial charge in [-0.2, -0.15) is 4.31 Å². The largest absolute Gasteiger partial charge is 0.497 e. The molecule has 1 aliphatic heterocycles. The van der Waals surface area contributed by atoms with E-state index in [0.29, 0.717) is 25.1 Å².